The largest absolute Gasteiger partial charge is 0.390 e. The summed E-state index contributed by atoms with van der Waals surface area (Å²) in [5.41, 5.74) is 2.27. The molecule has 3 aromatic rings. The number of benzene rings is 3. The number of aliphatic hydroxyl groups excluding tert-OH is 1. The first kappa shape index (κ1) is 30.2. The number of hydrogen-bond donors (Lipinski definition) is 4. The van der Waals surface area contributed by atoms with E-state index in [1.807, 2.05) is 67.6 Å². The smallest absolute Gasteiger partial charge is 0.251 e. The zero-order valence-electron chi connectivity index (χ0n) is 23.6. The molecule has 1 aliphatic carbocycles. The topological polar surface area (TPSA) is 128 Å². The first-order valence-corrected chi connectivity index (χ1v) is 15.6. The normalized spacial score (nSPS) is 15.4. The van der Waals surface area contributed by atoms with Gasteiger partial charge in [0, 0.05) is 30.8 Å². The van der Waals surface area contributed by atoms with Gasteiger partial charge in [-0.3, -0.25) is 13.9 Å². The van der Waals surface area contributed by atoms with Gasteiger partial charge in [-0.15, -0.1) is 0 Å². The summed E-state index contributed by atoms with van der Waals surface area (Å²) in [7, 11) is -2.30. The number of nitrogens with zero attached hydrogens (tertiary/aromatic N) is 1. The minimum absolute atomic E-state index is 0.107. The molecule has 1 unspecified atom stereocenters. The minimum atomic E-state index is -3.67. The summed E-state index contributed by atoms with van der Waals surface area (Å²) < 4.78 is 25.7. The summed E-state index contributed by atoms with van der Waals surface area (Å²) in [4.78, 5) is 26.9. The molecule has 0 aliphatic heterocycles. The summed E-state index contributed by atoms with van der Waals surface area (Å²) >= 11 is 0. The maximum absolute atomic E-state index is 13.6. The summed E-state index contributed by atoms with van der Waals surface area (Å²) in [5, 5.41) is 20.2. The van der Waals surface area contributed by atoms with E-state index in [0.29, 0.717) is 19.0 Å². The van der Waals surface area contributed by atoms with E-state index in [-0.39, 0.29) is 22.9 Å². The van der Waals surface area contributed by atoms with Crippen LogP contribution >= 0.6 is 0 Å². The molecule has 3 atom stereocenters. The molecule has 41 heavy (non-hydrogen) atoms. The van der Waals surface area contributed by atoms with Gasteiger partial charge in [0.15, 0.2) is 0 Å². The molecule has 1 saturated carbocycles. The van der Waals surface area contributed by atoms with E-state index in [2.05, 4.69) is 16.0 Å². The number of carbonyl (C=O) groups is 2. The van der Waals surface area contributed by atoms with Gasteiger partial charge in [-0.25, -0.2) is 8.42 Å². The van der Waals surface area contributed by atoms with Crippen LogP contribution in [0.4, 0.5) is 5.69 Å². The van der Waals surface area contributed by atoms with E-state index in [9.17, 15) is 23.1 Å². The molecule has 0 bridgehead atoms. The summed E-state index contributed by atoms with van der Waals surface area (Å²) in [6.45, 7) is 2.17. The molecular weight excluding hydrogens is 540 g/mol. The highest BCUT2D eigenvalue weighted by Gasteiger charge is 2.27. The molecule has 218 valence electrons. The van der Waals surface area contributed by atoms with Gasteiger partial charge in [0.1, 0.15) is 0 Å². The van der Waals surface area contributed by atoms with E-state index in [1.165, 1.54) is 25.2 Å². The molecule has 0 heterocycles. The molecule has 0 spiro atoms. The van der Waals surface area contributed by atoms with Crippen LogP contribution in [0, 0.1) is 0 Å². The third-order valence-electron chi connectivity index (χ3n) is 7.22. The summed E-state index contributed by atoms with van der Waals surface area (Å²) in [6, 6.07) is 22.8. The quantitative estimate of drug-likeness (QED) is 0.247. The molecule has 9 nitrogen and oxygen atoms in total. The predicted octanol–water partition coefficient (Wildman–Crippen LogP) is 3.03. The Morgan fingerprint density at radius 3 is 2.05 bits per heavy atom. The van der Waals surface area contributed by atoms with E-state index in [4.69, 9.17) is 0 Å². The third kappa shape index (κ3) is 8.63. The van der Waals surface area contributed by atoms with Gasteiger partial charge in [0.2, 0.25) is 10.0 Å². The van der Waals surface area contributed by atoms with Gasteiger partial charge < -0.3 is 21.1 Å². The molecule has 4 rings (SSSR count). The van der Waals surface area contributed by atoms with Gasteiger partial charge in [0.25, 0.3) is 11.8 Å². The lowest BCUT2D eigenvalue weighted by Crippen LogP contribution is -2.49. The minimum Gasteiger partial charge on any atom is -0.390 e. The Bertz CT molecular complexity index is 1450. The number of sulfonamides is 1. The standard InChI is InChI=1S/C31H38N4O5S/c1-21(23-12-8-5-9-13-23)33-30(37)24-17-25(19-27(18-24)35(2)41(3,39)40)31(38)34-28(16-22-10-6-4-7-11-22)29(36)20-32-26-14-15-26/h4-13,17-19,21,26,28-29,32,36H,14-16,20H2,1-3H3,(H,33,37)(H,34,38)/t21?,28-,29+/m0/s1. The van der Waals surface area contributed by atoms with Gasteiger partial charge in [-0.2, -0.15) is 0 Å². The van der Waals surface area contributed by atoms with E-state index < -0.39 is 34.0 Å². The molecule has 0 aromatic heterocycles. The number of anilines is 1. The SMILES string of the molecule is CC(NC(=O)c1cc(C(=O)N[C@@H](Cc2ccccc2)[C@H](O)CNC2CC2)cc(N(C)S(C)(=O)=O)c1)c1ccccc1. The molecule has 0 saturated heterocycles. The van der Waals surface area contributed by atoms with Crippen molar-refractivity contribution >= 4 is 27.5 Å². The number of rotatable bonds is 13. The van der Waals surface area contributed by atoms with E-state index in [0.717, 1.165) is 34.5 Å². The first-order valence-electron chi connectivity index (χ1n) is 13.7. The molecule has 1 aliphatic rings. The second kappa shape index (κ2) is 13.3. The van der Waals surface area contributed by atoms with Crippen LogP contribution in [0.5, 0.6) is 0 Å². The van der Waals surface area contributed by atoms with Crippen LogP contribution < -0.4 is 20.3 Å². The highest BCUT2D eigenvalue weighted by Crippen LogP contribution is 2.23. The number of amides is 2. The van der Waals surface area contributed by atoms with Crippen LogP contribution in [0.1, 0.15) is 57.7 Å². The van der Waals surface area contributed by atoms with Gasteiger partial charge in [-0.05, 0) is 55.5 Å². The van der Waals surface area contributed by atoms with Gasteiger partial charge >= 0.3 is 0 Å². The summed E-state index contributed by atoms with van der Waals surface area (Å²) in [5.74, 6) is -0.973. The zero-order valence-corrected chi connectivity index (χ0v) is 24.4. The van der Waals surface area contributed by atoms with Crippen LogP contribution in [0.3, 0.4) is 0 Å². The highest BCUT2D eigenvalue weighted by atomic mass is 32.2. The monoisotopic (exact) mass is 578 g/mol. The Balaban J connectivity index is 1.61. The highest BCUT2D eigenvalue weighted by molar-refractivity contribution is 7.92. The van der Waals surface area contributed by atoms with Crippen LogP contribution in [0.25, 0.3) is 0 Å². The van der Waals surface area contributed by atoms with Crippen molar-refractivity contribution in [1.82, 2.24) is 16.0 Å². The molecule has 2 amide bonds. The Morgan fingerprint density at radius 2 is 1.49 bits per heavy atom. The number of hydrogen-bond acceptors (Lipinski definition) is 6. The molecule has 0 radical (unpaired) electrons. The van der Waals surface area contributed by atoms with Crippen LogP contribution in [0.15, 0.2) is 78.9 Å². The van der Waals surface area contributed by atoms with Gasteiger partial charge in [-0.1, -0.05) is 60.7 Å². The third-order valence-corrected chi connectivity index (χ3v) is 8.43. The fourth-order valence-corrected chi connectivity index (χ4v) is 4.96. The van der Waals surface area contributed by atoms with Crippen molar-refractivity contribution in [2.24, 2.45) is 0 Å². The molecule has 10 heteroatoms. The van der Waals surface area contributed by atoms with Crippen LogP contribution in [-0.4, -0.2) is 63.4 Å². The van der Waals surface area contributed by atoms with Crippen molar-refractivity contribution in [1.29, 1.82) is 0 Å². The Morgan fingerprint density at radius 1 is 0.927 bits per heavy atom. The van der Waals surface area contributed by atoms with Crippen molar-refractivity contribution in [3.8, 4) is 0 Å². The zero-order chi connectivity index (χ0) is 29.6. The van der Waals surface area contributed by atoms with E-state index >= 15 is 0 Å². The van der Waals surface area contributed by atoms with Crippen molar-refractivity contribution in [3.05, 3.63) is 101 Å². The fourth-order valence-electron chi connectivity index (χ4n) is 4.47. The lowest BCUT2D eigenvalue weighted by atomic mass is 10.00. The van der Waals surface area contributed by atoms with Crippen LogP contribution in [-0.2, 0) is 16.4 Å². The molecular formula is C31H38N4O5S. The first-order chi connectivity index (χ1) is 19.5. The Hall–Kier alpha value is -3.73. The summed E-state index contributed by atoms with van der Waals surface area (Å²) in [6.07, 6.45) is 2.71. The molecule has 1 fully saturated rings. The molecule has 3 aromatic carbocycles. The van der Waals surface area contributed by atoms with Crippen molar-refractivity contribution in [3.63, 3.8) is 0 Å². The Labute approximate surface area is 242 Å². The number of nitrogens with one attached hydrogen (secondary N) is 3. The van der Waals surface area contributed by atoms with Crippen molar-refractivity contribution in [2.75, 3.05) is 24.2 Å². The fraction of sp³-hybridized carbons (Fsp3) is 0.355. The second-order valence-corrected chi connectivity index (χ2v) is 12.6. The average Bonchev–Trinajstić information content (AvgIpc) is 3.80. The van der Waals surface area contributed by atoms with Crippen molar-refractivity contribution < 1.29 is 23.1 Å². The van der Waals surface area contributed by atoms with Crippen LogP contribution in [0.2, 0.25) is 0 Å². The second-order valence-electron chi connectivity index (χ2n) is 10.6. The van der Waals surface area contributed by atoms with Gasteiger partial charge in [0.05, 0.1) is 30.1 Å². The van der Waals surface area contributed by atoms with Crippen molar-refractivity contribution in [2.45, 2.75) is 50.4 Å². The lowest BCUT2D eigenvalue weighted by Gasteiger charge is -2.25. The Kier molecular flexibility index (Phi) is 9.80. The number of carbonyl (C=O) groups excluding carboxylic acids is 2. The average molecular weight is 579 g/mol. The van der Waals surface area contributed by atoms with E-state index in [1.54, 1.807) is 0 Å². The number of aliphatic hydroxyl groups is 1. The lowest BCUT2D eigenvalue weighted by molar-refractivity contribution is 0.0830. The predicted molar refractivity (Wildman–Crippen MR) is 160 cm³/mol. The maximum atomic E-state index is 13.6. The molecule has 4 N–H and O–H groups in total. The maximum Gasteiger partial charge on any atom is 0.251 e.